The van der Waals surface area contributed by atoms with Crippen LogP contribution >= 0.6 is 0 Å². The largest absolute Gasteiger partial charge is 0.493 e. The highest BCUT2D eigenvalue weighted by Gasteiger charge is 2.30. The SMILES string of the molecule is CC[C@@H](C)[C@H](Nc1ccc2c(cc1=O)[C@@H](NC(C)=O)CCc1cc(OC)c(OC)c(OC)c1-2)C(=O)NCCn1c(C)cc2ccccc21. The van der Waals surface area contributed by atoms with E-state index in [-0.39, 0.29) is 23.2 Å². The summed E-state index contributed by atoms with van der Waals surface area (Å²) in [5.74, 6) is 1.01. The van der Waals surface area contributed by atoms with E-state index in [0.717, 1.165) is 39.7 Å². The number of ether oxygens (including phenoxy) is 3. The number of rotatable bonds is 12. The zero-order valence-corrected chi connectivity index (χ0v) is 28.9. The van der Waals surface area contributed by atoms with Gasteiger partial charge in [-0.15, -0.1) is 0 Å². The van der Waals surface area contributed by atoms with Crippen LogP contribution in [0.5, 0.6) is 17.2 Å². The molecule has 10 heteroatoms. The maximum atomic E-state index is 13.9. The molecule has 1 aromatic heterocycles. The first kappa shape index (κ1) is 34.3. The van der Waals surface area contributed by atoms with Gasteiger partial charge < -0.3 is 34.7 Å². The molecular weight excluding hydrogens is 608 g/mol. The summed E-state index contributed by atoms with van der Waals surface area (Å²) in [5.41, 5.74) is 5.34. The number of hydrogen-bond acceptors (Lipinski definition) is 7. The van der Waals surface area contributed by atoms with Gasteiger partial charge in [0.2, 0.25) is 23.0 Å². The zero-order valence-electron chi connectivity index (χ0n) is 28.9. The first-order chi connectivity index (χ1) is 23.1. The number of para-hydroxylation sites is 1. The standard InChI is InChI=1S/C38H46N4O6/c1-8-22(2)35(38(45)39-17-18-42-23(3)19-25-11-9-10-12-31(25)42)41-30-16-14-27-28(21-32(30)44)29(40-24(4)43)15-13-26-20-33(46-5)36(47-6)37(48-7)34(26)27/h9-12,14,16,19-22,29,35H,8,13,15,17-18H2,1-7H3,(H,39,45)(H,40,43)(H,41,44)/t22-,29+,35+/m1/s1. The molecule has 1 aliphatic rings. The lowest BCUT2D eigenvalue weighted by atomic mass is 9.95. The van der Waals surface area contributed by atoms with Gasteiger partial charge in [-0.2, -0.15) is 0 Å². The van der Waals surface area contributed by atoms with E-state index in [1.54, 1.807) is 33.5 Å². The van der Waals surface area contributed by atoms with Gasteiger partial charge in [0.25, 0.3) is 0 Å². The molecule has 10 nitrogen and oxygen atoms in total. The summed E-state index contributed by atoms with van der Waals surface area (Å²) in [7, 11) is 4.69. The molecule has 0 radical (unpaired) electrons. The van der Waals surface area contributed by atoms with Crippen molar-refractivity contribution in [2.24, 2.45) is 5.92 Å². The summed E-state index contributed by atoms with van der Waals surface area (Å²) in [4.78, 5) is 40.0. The lowest BCUT2D eigenvalue weighted by Gasteiger charge is -2.24. The maximum absolute atomic E-state index is 13.9. The number of fused-ring (bicyclic) bond motifs is 4. The minimum absolute atomic E-state index is 0.0634. The molecule has 48 heavy (non-hydrogen) atoms. The smallest absolute Gasteiger partial charge is 0.242 e. The Morgan fingerprint density at radius 1 is 1.00 bits per heavy atom. The Morgan fingerprint density at radius 3 is 2.44 bits per heavy atom. The van der Waals surface area contributed by atoms with Crippen LogP contribution in [0.3, 0.4) is 0 Å². The van der Waals surface area contributed by atoms with Crippen molar-refractivity contribution in [2.45, 2.75) is 65.6 Å². The summed E-state index contributed by atoms with van der Waals surface area (Å²) < 4.78 is 19.4. The van der Waals surface area contributed by atoms with Gasteiger partial charge in [0.15, 0.2) is 11.5 Å². The summed E-state index contributed by atoms with van der Waals surface area (Å²) >= 11 is 0. The van der Waals surface area contributed by atoms with E-state index in [0.29, 0.717) is 54.4 Å². The van der Waals surface area contributed by atoms with Crippen LogP contribution in [-0.2, 0) is 22.6 Å². The molecule has 3 aromatic carbocycles. The van der Waals surface area contributed by atoms with Gasteiger partial charge in [0, 0.05) is 36.8 Å². The van der Waals surface area contributed by atoms with Crippen molar-refractivity contribution in [3.8, 4) is 28.4 Å². The fourth-order valence-corrected chi connectivity index (χ4v) is 6.74. The Kier molecular flexibility index (Phi) is 10.6. The van der Waals surface area contributed by atoms with Crippen LogP contribution in [0.25, 0.3) is 22.0 Å². The molecule has 0 spiro atoms. The average Bonchev–Trinajstić information content (AvgIpc) is 3.21. The highest BCUT2D eigenvalue weighted by Crippen LogP contribution is 2.50. The van der Waals surface area contributed by atoms with Gasteiger partial charge in [0.1, 0.15) is 6.04 Å². The lowest BCUT2D eigenvalue weighted by molar-refractivity contribution is -0.123. The highest BCUT2D eigenvalue weighted by atomic mass is 16.5. The fourth-order valence-electron chi connectivity index (χ4n) is 6.74. The van der Waals surface area contributed by atoms with Gasteiger partial charge in [-0.05, 0) is 78.1 Å². The van der Waals surface area contributed by atoms with Crippen LogP contribution < -0.4 is 35.6 Å². The topological polar surface area (TPSA) is 120 Å². The minimum Gasteiger partial charge on any atom is -0.493 e. The molecule has 3 atom stereocenters. The molecule has 0 aliphatic heterocycles. The molecule has 0 fully saturated rings. The van der Waals surface area contributed by atoms with Crippen molar-refractivity contribution in [3.05, 3.63) is 81.6 Å². The van der Waals surface area contributed by atoms with E-state index < -0.39 is 12.1 Å². The van der Waals surface area contributed by atoms with Crippen molar-refractivity contribution in [2.75, 3.05) is 33.2 Å². The molecule has 1 heterocycles. The Labute approximate surface area is 281 Å². The minimum atomic E-state index is -0.648. The van der Waals surface area contributed by atoms with Gasteiger partial charge in [-0.25, -0.2) is 0 Å². The predicted molar refractivity (Wildman–Crippen MR) is 189 cm³/mol. The van der Waals surface area contributed by atoms with Crippen LogP contribution in [0.15, 0.2) is 59.4 Å². The normalized spacial score (nSPS) is 14.9. The van der Waals surface area contributed by atoms with E-state index in [2.05, 4.69) is 45.6 Å². The number of nitrogens with zero attached hydrogens (tertiary/aromatic N) is 1. The summed E-state index contributed by atoms with van der Waals surface area (Å²) in [5, 5.41) is 10.6. The molecule has 2 amide bonds. The predicted octanol–water partition coefficient (Wildman–Crippen LogP) is 5.77. The quantitative estimate of drug-likeness (QED) is 0.178. The summed E-state index contributed by atoms with van der Waals surface area (Å²) in [6, 6.07) is 16.3. The Hall–Kier alpha value is -4.99. The van der Waals surface area contributed by atoms with E-state index in [9.17, 15) is 14.4 Å². The second kappa shape index (κ2) is 14.8. The van der Waals surface area contributed by atoms with Crippen molar-refractivity contribution >= 4 is 28.4 Å². The third kappa shape index (κ3) is 6.83. The molecule has 0 unspecified atom stereocenters. The second-order valence-electron chi connectivity index (χ2n) is 12.4. The molecule has 1 aliphatic carbocycles. The number of anilines is 1. The Morgan fingerprint density at radius 2 is 1.75 bits per heavy atom. The number of aryl methyl sites for hydroxylation is 2. The molecule has 5 rings (SSSR count). The second-order valence-corrected chi connectivity index (χ2v) is 12.4. The maximum Gasteiger partial charge on any atom is 0.242 e. The van der Waals surface area contributed by atoms with Crippen molar-refractivity contribution < 1.29 is 23.8 Å². The fraction of sp³-hybridized carbons (Fsp3) is 0.395. The Balaban J connectivity index is 1.50. The number of methoxy groups -OCH3 is 3. The number of aromatic nitrogens is 1. The third-order valence-electron chi connectivity index (χ3n) is 9.37. The van der Waals surface area contributed by atoms with Crippen LogP contribution in [0.2, 0.25) is 0 Å². The molecule has 254 valence electrons. The third-order valence-corrected chi connectivity index (χ3v) is 9.37. The highest BCUT2D eigenvalue weighted by molar-refractivity contribution is 5.86. The first-order valence-electron chi connectivity index (χ1n) is 16.5. The van der Waals surface area contributed by atoms with Gasteiger partial charge >= 0.3 is 0 Å². The van der Waals surface area contributed by atoms with Crippen molar-refractivity contribution in [3.63, 3.8) is 0 Å². The summed E-state index contributed by atoms with van der Waals surface area (Å²) in [6.45, 7) is 8.61. The molecule has 0 saturated heterocycles. The Bertz CT molecular complexity index is 1880. The molecule has 0 saturated carbocycles. The number of amides is 2. The van der Waals surface area contributed by atoms with Crippen LogP contribution in [0.1, 0.15) is 56.5 Å². The average molecular weight is 655 g/mol. The summed E-state index contributed by atoms with van der Waals surface area (Å²) in [6.07, 6.45) is 1.88. The van der Waals surface area contributed by atoms with Gasteiger partial charge in [0.05, 0.1) is 33.1 Å². The molecule has 0 bridgehead atoms. The van der Waals surface area contributed by atoms with E-state index in [4.69, 9.17) is 14.2 Å². The molecular formula is C38H46N4O6. The number of benzene rings is 2. The molecule has 3 N–H and O–H groups in total. The number of hydrogen-bond donors (Lipinski definition) is 3. The zero-order chi connectivity index (χ0) is 34.5. The van der Waals surface area contributed by atoms with E-state index in [1.807, 2.05) is 38.1 Å². The molecule has 4 aromatic rings. The van der Waals surface area contributed by atoms with E-state index >= 15 is 0 Å². The monoisotopic (exact) mass is 654 g/mol. The number of carbonyl (C=O) groups is 2. The lowest BCUT2D eigenvalue weighted by Crippen LogP contribution is -2.45. The van der Waals surface area contributed by atoms with Crippen LogP contribution in [0.4, 0.5) is 5.69 Å². The van der Waals surface area contributed by atoms with Crippen LogP contribution in [-0.4, -0.2) is 50.3 Å². The number of nitrogens with one attached hydrogen (secondary N) is 3. The first-order valence-corrected chi connectivity index (χ1v) is 16.5. The van der Waals surface area contributed by atoms with Gasteiger partial charge in [-0.3, -0.25) is 14.4 Å². The van der Waals surface area contributed by atoms with Crippen molar-refractivity contribution in [1.29, 1.82) is 0 Å². The van der Waals surface area contributed by atoms with Crippen molar-refractivity contribution in [1.82, 2.24) is 15.2 Å². The number of carbonyl (C=O) groups excluding carboxylic acids is 2. The van der Waals surface area contributed by atoms with Gasteiger partial charge in [-0.1, -0.05) is 44.5 Å². The van der Waals surface area contributed by atoms with E-state index in [1.165, 1.54) is 6.92 Å². The van der Waals surface area contributed by atoms with Crippen LogP contribution in [0, 0.1) is 12.8 Å².